The molecule has 0 aliphatic heterocycles. The van der Waals surface area contributed by atoms with Crippen LogP contribution in [0.5, 0.6) is 0 Å². The van der Waals surface area contributed by atoms with E-state index in [2.05, 4.69) is 15.3 Å². The third-order valence-corrected chi connectivity index (χ3v) is 5.93. The van der Waals surface area contributed by atoms with E-state index in [0.29, 0.717) is 22.2 Å². The normalized spacial score (nSPS) is 11.8. The Labute approximate surface area is 184 Å². The van der Waals surface area contributed by atoms with Gasteiger partial charge in [0.05, 0.1) is 16.8 Å². The lowest BCUT2D eigenvalue weighted by atomic mass is 10.1. The van der Waals surface area contributed by atoms with Crippen molar-refractivity contribution in [1.29, 1.82) is 0 Å². The van der Waals surface area contributed by atoms with Crippen LogP contribution in [0.2, 0.25) is 0 Å². The second-order valence-corrected chi connectivity index (χ2v) is 9.75. The summed E-state index contributed by atoms with van der Waals surface area (Å²) in [4.78, 5) is 20.8. The van der Waals surface area contributed by atoms with E-state index < -0.39 is 15.7 Å². The quantitative estimate of drug-likeness (QED) is 0.405. The number of fused-ring (bicyclic) bond motifs is 2. The number of rotatable bonds is 5. The topological polar surface area (TPSA) is 105 Å². The molecule has 2 aromatic heterocycles. The highest BCUT2D eigenvalue weighted by Crippen LogP contribution is 2.29. The number of para-hydroxylation sites is 3. The highest BCUT2D eigenvalue weighted by molar-refractivity contribution is 7.89. The number of furan rings is 1. The molecule has 1 amide bonds. The van der Waals surface area contributed by atoms with Crippen LogP contribution in [0, 0.1) is 0 Å². The van der Waals surface area contributed by atoms with Crippen molar-refractivity contribution in [3.63, 3.8) is 0 Å². The molecular formula is C24H19N3O4S. The van der Waals surface area contributed by atoms with Crippen LogP contribution in [0.3, 0.4) is 0 Å². The molecule has 2 heterocycles. The van der Waals surface area contributed by atoms with Gasteiger partial charge in [-0.3, -0.25) is 4.79 Å². The Morgan fingerprint density at radius 2 is 1.72 bits per heavy atom. The van der Waals surface area contributed by atoms with Gasteiger partial charge in [0.25, 0.3) is 5.91 Å². The predicted octanol–water partition coefficient (Wildman–Crippen LogP) is 4.77. The second kappa shape index (κ2) is 7.65. The minimum absolute atomic E-state index is 0.00187. The fraction of sp³-hybridized carbons (Fsp3) is 0.0833. The molecule has 5 aromatic rings. The number of hydrogen-bond donors (Lipinski definition) is 2. The minimum Gasteiger partial charge on any atom is -0.451 e. The molecule has 0 fully saturated rings. The van der Waals surface area contributed by atoms with Crippen molar-refractivity contribution in [3.8, 4) is 11.4 Å². The molecule has 0 bridgehead atoms. The maximum atomic E-state index is 12.9. The molecule has 0 radical (unpaired) electrons. The molecule has 7 nitrogen and oxygen atoms in total. The predicted molar refractivity (Wildman–Crippen MR) is 124 cm³/mol. The molecular weight excluding hydrogens is 426 g/mol. The Hall–Kier alpha value is -3.91. The maximum absolute atomic E-state index is 12.9. The van der Waals surface area contributed by atoms with Crippen LogP contribution in [0.25, 0.3) is 33.4 Å². The third kappa shape index (κ3) is 3.88. The summed E-state index contributed by atoms with van der Waals surface area (Å²) in [6, 6.07) is 22.0. The third-order valence-electron chi connectivity index (χ3n) is 5.12. The molecule has 0 saturated carbocycles. The number of hydrogen-bond acceptors (Lipinski definition) is 5. The Morgan fingerprint density at radius 1 is 1.00 bits per heavy atom. The summed E-state index contributed by atoms with van der Waals surface area (Å²) in [6.45, 7) is 0. The summed E-state index contributed by atoms with van der Waals surface area (Å²) in [5.41, 5.74) is 4.09. The first-order chi connectivity index (χ1) is 15.4. The van der Waals surface area contributed by atoms with Gasteiger partial charge in [-0.25, -0.2) is 13.4 Å². The van der Waals surface area contributed by atoms with Crippen LogP contribution in [0.15, 0.2) is 77.2 Å². The van der Waals surface area contributed by atoms with Crippen LogP contribution in [-0.4, -0.2) is 30.5 Å². The van der Waals surface area contributed by atoms with Crippen molar-refractivity contribution < 1.29 is 17.6 Å². The largest absolute Gasteiger partial charge is 0.451 e. The number of amides is 1. The number of carbonyl (C=O) groups is 1. The van der Waals surface area contributed by atoms with Crippen LogP contribution in [0.1, 0.15) is 16.1 Å². The van der Waals surface area contributed by atoms with Crippen molar-refractivity contribution in [2.75, 3.05) is 11.6 Å². The number of nitrogens with one attached hydrogen (secondary N) is 2. The Morgan fingerprint density at radius 3 is 2.47 bits per heavy atom. The van der Waals surface area contributed by atoms with Crippen molar-refractivity contribution in [1.82, 2.24) is 9.97 Å². The first kappa shape index (κ1) is 20.0. The van der Waals surface area contributed by atoms with E-state index in [0.717, 1.165) is 28.7 Å². The first-order valence-corrected chi connectivity index (χ1v) is 12.0. The number of benzene rings is 3. The molecule has 32 heavy (non-hydrogen) atoms. The van der Waals surface area contributed by atoms with Crippen molar-refractivity contribution in [2.24, 2.45) is 0 Å². The van der Waals surface area contributed by atoms with E-state index in [1.807, 2.05) is 36.4 Å². The first-order valence-electron chi connectivity index (χ1n) is 9.92. The summed E-state index contributed by atoms with van der Waals surface area (Å²) >= 11 is 0. The summed E-state index contributed by atoms with van der Waals surface area (Å²) in [7, 11) is -3.37. The minimum atomic E-state index is -3.37. The van der Waals surface area contributed by atoms with Gasteiger partial charge in [-0.2, -0.15) is 0 Å². The van der Waals surface area contributed by atoms with Gasteiger partial charge in [0.1, 0.15) is 11.4 Å². The number of sulfone groups is 1. The van der Waals surface area contributed by atoms with E-state index in [1.54, 1.807) is 36.4 Å². The molecule has 0 saturated heterocycles. The highest BCUT2D eigenvalue weighted by Gasteiger charge is 2.23. The SMILES string of the molecule is CS(=O)(=O)Cc1c(C(=O)Nc2ccc(-c3nc4ccccc4[nH]3)cc2)oc2ccccc12. The summed E-state index contributed by atoms with van der Waals surface area (Å²) in [6.07, 6.45) is 1.13. The average Bonchev–Trinajstić information content (AvgIpc) is 3.35. The van der Waals surface area contributed by atoms with Gasteiger partial charge < -0.3 is 14.7 Å². The fourth-order valence-corrected chi connectivity index (χ4v) is 4.49. The van der Waals surface area contributed by atoms with Gasteiger partial charge in [0.2, 0.25) is 0 Å². The van der Waals surface area contributed by atoms with Gasteiger partial charge in [0.15, 0.2) is 15.6 Å². The molecule has 8 heteroatoms. The van der Waals surface area contributed by atoms with Crippen molar-refractivity contribution >= 4 is 43.4 Å². The number of imidazole rings is 1. The Bertz CT molecular complexity index is 1530. The molecule has 3 aromatic carbocycles. The van der Waals surface area contributed by atoms with E-state index in [1.165, 1.54) is 0 Å². The zero-order valence-electron chi connectivity index (χ0n) is 17.1. The zero-order valence-corrected chi connectivity index (χ0v) is 17.9. The summed E-state index contributed by atoms with van der Waals surface area (Å²) < 4.78 is 29.6. The Balaban J connectivity index is 1.43. The smallest absolute Gasteiger partial charge is 0.291 e. The van der Waals surface area contributed by atoms with E-state index >= 15 is 0 Å². The number of nitrogens with zero attached hydrogens (tertiary/aromatic N) is 1. The van der Waals surface area contributed by atoms with Crippen molar-refractivity contribution in [2.45, 2.75) is 5.75 Å². The van der Waals surface area contributed by atoms with E-state index in [4.69, 9.17) is 4.42 Å². The van der Waals surface area contributed by atoms with Gasteiger partial charge in [0, 0.05) is 28.5 Å². The van der Waals surface area contributed by atoms with Crippen LogP contribution < -0.4 is 5.32 Å². The van der Waals surface area contributed by atoms with Gasteiger partial charge in [-0.05, 0) is 42.5 Å². The second-order valence-electron chi connectivity index (χ2n) is 7.61. The molecule has 5 rings (SSSR count). The average molecular weight is 446 g/mol. The molecule has 0 spiro atoms. The number of H-pyrrole nitrogens is 1. The number of aromatic amines is 1. The van der Waals surface area contributed by atoms with Gasteiger partial charge in [-0.15, -0.1) is 0 Å². The standard InChI is InChI=1S/C24H19N3O4S/c1-32(29,30)14-18-17-6-2-5-9-21(17)31-22(18)24(28)25-16-12-10-15(11-13-16)23-26-19-7-3-4-8-20(19)27-23/h2-13H,14H2,1H3,(H,25,28)(H,26,27). The maximum Gasteiger partial charge on any atom is 0.291 e. The summed E-state index contributed by atoms with van der Waals surface area (Å²) in [5.74, 6) is -0.0521. The lowest BCUT2D eigenvalue weighted by Gasteiger charge is -2.06. The molecule has 0 unspecified atom stereocenters. The van der Waals surface area contributed by atoms with Gasteiger partial charge >= 0.3 is 0 Å². The molecule has 160 valence electrons. The molecule has 0 aliphatic rings. The van der Waals surface area contributed by atoms with Crippen LogP contribution >= 0.6 is 0 Å². The number of aromatic nitrogens is 2. The number of carbonyl (C=O) groups excluding carboxylic acids is 1. The van der Waals surface area contributed by atoms with Crippen LogP contribution in [-0.2, 0) is 15.6 Å². The van der Waals surface area contributed by atoms with E-state index in [-0.39, 0.29) is 11.5 Å². The van der Waals surface area contributed by atoms with Crippen molar-refractivity contribution in [3.05, 3.63) is 84.1 Å². The Kier molecular flexibility index (Phi) is 4.79. The monoisotopic (exact) mass is 445 g/mol. The highest BCUT2D eigenvalue weighted by atomic mass is 32.2. The number of anilines is 1. The van der Waals surface area contributed by atoms with Gasteiger partial charge in [-0.1, -0.05) is 30.3 Å². The molecule has 2 N–H and O–H groups in total. The fourth-order valence-electron chi connectivity index (χ4n) is 3.68. The lowest BCUT2D eigenvalue weighted by molar-refractivity contribution is 0.0998. The summed E-state index contributed by atoms with van der Waals surface area (Å²) in [5, 5.41) is 3.41. The molecule has 0 aliphatic carbocycles. The van der Waals surface area contributed by atoms with Crippen LogP contribution in [0.4, 0.5) is 5.69 Å². The molecule has 0 atom stereocenters. The lowest BCUT2D eigenvalue weighted by Crippen LogP contribution is -2.14. The van der Waals surface area contributed by atoms with E-state index in [9.17, 15) is 13.2 Å². The zero-order chi connectivity index (χ0) is 22.3.